The van der Waals surface area contributed by atoms with Crippen LogP contribution < -0.4 is 15.4 Å². The van der Waals surface area contributed by atoms with Gasteiger partial charge >= 0.3 is 0 Å². The first-order valence-corrected chi connectivity index (χ1v) is 9.18. The van der Waals surface area contributed by atoms with E-state index in [-0.39, 0.29) is 11.8 Å². The van der Waals surface area contributed by atoms with E-state index in [9.17, 15) is 9.59 Å². The number of ether oxygens (including phenoxy) is 1. The Morgan fingerprint density at radius 3 is 2.63 bits per heavy atom. The lowest BCUT2D eigenvalue weighted by Gasteiger charge is -2.04. The Morgan fingerprint density at radius 1 is 1.15 bits per heavy atom. The number of carbonyl (C=O) groups excluding carboxylic acids is 2. The van der Waals surface area contributed by atoms with Crippen LogP contribution in [0.3, 0.4) is 0 Å². The van der Waals surface area contributed by atoms with E-state index < -0.39 is 0 Å². The third kappa shape index (κ3) is 4.92. The van der Waals surface area contributed by atoms with E-state index in [0.717, 1.165) is 16.8 Å². The smallest absolute Gasteiger partial charge is 0.257 e. The van der Waals surface area contributed by atoms with Gasteiger partial charge in [0.1, 0.15) is 5.75 Å². The summed E-state index contributed by atoms with van der Waals surface area (Å²) >= 11 is 1.36. The quantitative estimate of drug-likeness (QED) is 0.682. The van der Waals surface area contributed by atoms with Gasteiger partial charge in [-0.15, -0.1) is 11.3 Å². The number of thiazole rings is 1. The Kier molecular flexibility index (Phi) is 5.83. The van der Waals surface area contributed by atoms with Gasteiger partial charge in [-0.2, -0.15) is 0 Å². The molecule has 2 amide bonds. The minimum absolute atomic E-state index is 0.0602. The van der Waals surface area contributed by atoms with Gasteiger partial charge in [0.2, 0.25) is 5.91 Å². The Hall–Kier alpha value is -3.19. The Morgan fingerprint density at radius 2 is 1.93 bits per heavy atom. The van der Waals surface area contributed by atoms with Crippen LogP contribution >= 0.6 is 11.3 Å². The van der Waals surface area contributed by atoms with Crippen molar-refractivity contribution in [3.8, 4) is 17.0 Å². The molecule has 0 spiro atoms. The maximum Gasteiger partial charge on any atom is 0.257 e. The van der Waals surface area contributed by atoms with E-state index in [2.05, 4.69) is 15.6 Å². The van der Waals surface area contributed by atoms with E-state index in [1.807, 2.05) is 29.6 Å². The highest BCUT2D eigenvalue weighted by molar-refractivity contribution is 7.14. The van der Waals surface area contributed by atoms with Gasteiger partial charge in [-0.25, -0.2) is 4.98 Å². The van der Waals surface area contributed by atoms with Gasteiger partial charge in [-0.3, -0.25) is 14.9 Å². The molecule has 0 saturated heterocycles. The standard InChI is InChI=1S/C20H19N3O3S/c1-13(24)21-11-14-6-8-15(9-7-14)18-12-27-20(22-18)23-19(25)16-4-3-5-17(10-16)26-2/h3-10,12H,11H2,1-2H3,(H,21,24)(H,22,23,25). The summed E-state index contributed by atoms with van der Waals surface area (Å²) in [5, 5.41) is 7.99. The summed E-state index contributed by atoms with van der Waals surface area (Å²) in [7, 11) is 1.56. The third-order valence-electron chi connectivity index (χ3n) is 3.85. The van der Waals surface area contributed by atoms with E-state index in [0.29, 0.717) is 23.0 Å². The van der Waals surface area contributed by atoms with Crippen LogP contribution in [-0.2, 0) is 11.3 Å². The van der Waals surface area contributed by atoms with Crippen molar-refractivity contribution >= 4 is 28.3 Å². The zero-order chi connectivity index (χ0) is 19.2. The third-order valence-corrected chi connectivity index (χ3v) is 4.61. The molecular weight excluding hydrogens is 362 g/mol. The van der Waals surface area contributed by atoms with Gasteiger partial charge in [0, 0.05) is 30.0 Å². The molecule has 3 rings (SSSR count). The molecule has 0 aliphatic rings. The lowest BCUT2D eigenvalue weighted by molar-refractivity contribution is -0.119. The topological polar surface area (TPSA) is 80.3 Å². The number of nitrogens with one attached hydrogen (secondary N) is 2. The van der Waals surface area contributed by atoms with Crippen molar-refractivity contribution in [2.24, 2.45) is 0 Å². The van der Waals surface area contributed by atoms with Gasteiger partial charge < -0.3 is 10.1 Å². The number of hydrogen-bond donors (Lipinski definition) is 2. The van der Waals surface area contributed by atoms with Crippen LogP contribution in [0, 0.1) is 0 Å². The van der Waals surface area contributed by atoms with E-state index in [4.69, 9.17) is 4.74 Å². The average molecular weight is 381 g/mol. The normalized spacial score (nSPS) is 10.3. The maximum absolute atomic E-state index is 12.4. The van der Waals surface area contributed by atoms with E-state index >= 15 is 0 Å². The molecule has 2 N–H and O–H groups in total. The molecule has 0 aliphatic heterocycles. The zero-order valence-corrected chi connectivity index (χ0v) is 15.8. The van der Waals surface area contributed by atoms with Crippen molar-refractivity contribution in [2.75, 3.05) is 12.4 Å². The highest BCUT2D eigenvalue weighted by Gasteiger charge is 2.11. The fourth-order valence-corrected chi connectivity index (χ4v) is 3.13. The van der Waals surface area contributed by atoms with Crippen LogP contribution in [0.2, 0.25) is 0 Å². The van der Waals surface area contributed by atoms with Gasteiger partial charge in [0.25, 0.3) is 5.91 Å². The number of carbonyl (C=O) groups is 2. The van der Waals surface area contributed by atoms with Gasteiger partial charge in [0.05, 0.1) is 12.8 Å². The van der Waals surface area contributed by atoms with Crippen LogP contribution in [0.15, 0.2) is 53.9 Å². The first-order chi connectivity index (χ1) is 13.0. The molecule has 3 aromatic rings. The molecule has 0 atom stereocenters. The second-order valence-corrected chi connectivity index (χ2v) is 6.69. The molecule has 0 fully saturated rings. The fraction of sp³-hybridized carbons (Fsp3) is 0.150. The number of hydrogen-bond acceptors (Lipinski definition) is 5. The largest absolute Gasteiger partial charge is 0.497 e. The molecule has 6 nitrogen and oxygen atoms in total. The predicted octanol–water partition coefficient (Wildman–Crippen LogP) is 3.71. The summed E-state index contributed by atoms with van der Waals surface area (Å²) in [5.74, 6) is 0.331. The summed E-state index contributed by atoms with van der Waals surface area (Å²) in [6.07, 6.45) is 0. The van der Waals surface area contributed by atoms with Gasteiger partial charge in [0.15, 0.2) is 5.13 Å². The molecule has 138 valence electrons. The van der Waals surface area contributed by atoms with Crippen molar-refractivity contribution < 1.29 is 14.3 Å². The predicted molar refractivity (Wildman–Crippen MR) is 106 cm³/mol. The molecule has 2 aromatic carbocycles. The zero-order valence-electron chi connectivity index (χ0n) is 15.0. The summed E-state index contributed by atoms with van der Waals surface area (Å²) in [6.45, 7) is 1.99. The minimum Gasteiger partial charge on any atom is -0.497 e. The summed E-state index contributed by atoms with van der Waals surface area (Å²) in [6, 6.07) is 14.7. The first kappa shape index (κ1) is 18.6. The van der Waals surface area contributed by atoms with Crippen molar-refractivity contribution in [1.82, 2.24) is 10.3 Å². The SMILES string of the molecule is COc1cccc(C(=O)Nc2nc(-c3ccc(CNC(C)=O)cc3)cs2)c1. The van der Waals surface area contributed by atoms with Crippen molar-refractivity contribution in [3.63, 3.8) is 0 Å². The summed E-state index contributed by atoms with van der Waals surface area (Å²) in [5.41, 5.74) is 3.25. The molecule has 1 heterocycles. The molecule has 0 radical (unpaired) electrons. The van der Waals surface area contributed by atoms with Crippen molar-refractivity contribution in [1.29, 1.82) is 0 Å². The lowest BCUT2D eigenvalue weighted by atomic mass is 10.1. The number of amides is 2. The molecular formula is C20H19N3O3S. The number of nitrogens with zero attached hydrogens (tertiary/aromatic N) is 1. The highest BCUT2D eigenvalue weighted by atomic mass is 32.1. The van der Waals surface area contributed by atoms with E-state index in [1.54, 1.807) is 31.4 Å². The van der Waals surface area contributed by atoms with Crippen molar-refractivity contribution in [3.05, 3.63) is 65.0 Å². The molecule has 27 heavy (non-hydrogen) atoms. The van der Waals surface area contributed by atoms with Crippen LogP contribution in [0.4, 0.5) is 5.13 Å². The first-order valence-electron chi connectivity index (χ1n) is 8.30. The highest BCUT2D eigenvalue weighted by Crippen LogP contribution is 2.26. The molecule has 1 aromatic heterocycles. The number of rotatable bonds is 6. The van der Waals surface area contributed by atoms with Crippen LogP contribution in [0.25, 0.3) is 11.3 Å². The monoisotopic (exact) mass is 381 g/mol. The summed E-state index contributed by atoms with van der Waals surface area (Å²) in [4.78, 5) is 27.8. The Bertz CT molecular complexity index is 951. The second kappa shape index (κ2) is 8.46. The van der Waals surface area contributed by atoms with E-state index in [1.165, 1.54) is 18.3 Å². The van der Waals surface area contributed by atoms with Gasteiger partial charge in [-0.1, -0.05) is 30.3 Å². The van der Waals surface area contributed by atoms with Crippen LogP contribution in [0.1, 0.15) is 22.8 Å². The minimum atomic E-state index is -0.236. The Balaban J connectivity index is 1.67. The number of aromatic nitrogens is 1. The molecule has 0 saturated carbocycles. The maximum atomic E-state index is 12.4. The molecule has 0 bridgehead atoms. The van der Waals surface area contributed by atoms with Gasteiger partial charge in [-0.05, 0) is 23.8 Å². The Labute approximate surface area is 161 Å². The summed E-state index contributed by atoms with van der Waals surface area (Å²) < 4.78 is 5.14. The van der Waals surface area contributed by atoms with Crippen LogP contribution in [-0.4, -0.2) is 23.9 Å². The molecule has 7 heteroatoms. The van der Waals surface area contributed by atoms with Crippen LogP contribution in [0.5, 0.6) is 5.75 Å². The lowest BCUT2D eigenvalue weighted by Crippen LogP contribution is -2.18. The number of methoxy groups -OCH3 is 1. The molecule has 0 unspecified atom stereocenters. The number of anilines is 1. The molecule has 0 aliphatic carbocycles. The second-order valence-electron chi connectivity index (χ2n) is 5.83. The fourth-order valence-electron chi connectivity index (χ4n) is 2.42. The average Bonchev–Trinajstić information content (AvgIpc) is 3.15. The number of benzene rings is 2. The van der Waals surface area contributed by atoms with Crippen molar-refractivity contribution in [2.45, 2.75) is 13.5 Å².